The molecule has 1 aliphatic heterocycles. The molecule has 1 saturated carbocycles. The Hall–Kier alpha value is -2.34. The number of fused-ring (bicyclic) bond motifs is 1. The van der Waals surface area contributed by atoms with Crippen molar-refractivity contribution in [3.8, 4) is 22.8 Å². The first kappa shape index (κ1) is 17.1. The third-order valence-corrected chi connectivity index (χ3v) is 5.41. The van der Waals surface area contributed by atoms with Crippen LogP contribution >= 0.6 is 0 Å². The number of ether oxygens (including phenoxy) is 1. The monoisotopic (exact) mass is 355 g/mol. The van der Waals surface area contributed by atoms with E-state index in [-0.39, 0.29) is 17.9 Å². The number of nitrogens with zero attached hydrogens (tertiary/aromatic N) is 3. The van der Waals surface area contributed by atoms with E-state index in [0.717, 1.165) is 36.8 Å². The van der Waals surface area contributed by atoms with Gasteiger partial charge >= 0.3 is 0 Å². The first-order valence-electron chi connectivity index (χ1n) is 9.30. The molecule has 1 aliphatic carbocycles. The van der Waals surface area contributed by atoms with Crippen LogP contribution < -0.4 is 9.64 Å². The van der Waals surface area contributed by atoms with Crippen LogP contribution in [0.2, 0.25) is 0 Å². The molecular formula is C20H25N3O3. The van der Waals surface area contributed by atoms with Crippen molar-refractivity contribution in [3.63, 3.8) is 0 Å². The van der Waals surface area contributed by atoms with Gasteiger partial charge in [0.2, 0.25) is 0 Å². The van der Waals surface area contributed by atoms with Gasteiger partial charge in [-0.1, -0.05) is 18.9 Å². The highest BCUT2D eigenvalue weighted by Crippen LogP contribution is 2.39. The molecule has 6 heteroatoms. The van der Waals surface area contributed by atoms with Crippen LogP contribution in [0.15, 0.2) is 18.2 Å². The minimum Gasteiger partial charge on any atom is -0.507 e. The predicted octanol–water partition coefficient (Wildman–Crippen LogP) is 2.97. The van der Waals surface area contributed by atoms with Crippen LogP contribution in [0.4, 0.5) is 5.82 Å². The largest absolute Gasteiger partial charge is 0.507 e. The molecule has 0 saturated heterocycles. The topological polar surface area (TPSA) is 78.7 Å². The summed E-state index contributed by atoms with van der Waals surface area (Å²) in [5, 5.41) is 29.6. The Bertz CT molecular complexity index is 801. The normalized spacial score (nSPS) is 22.7. The van der Waals surface area contributed by atoms with Gasteiger partial charge < -0.3 is 19.8 Å². The van der Waals surface area contributed by atoms with Gasteiger partial charge in [0.25, 0.3) is 0 Å². The maximum Gasteiger partial charge on any atom is 0.194 e. The summed E-state index contributed by atoms with van der Waals surface area (Å²) < 4.78 is 5.84. The molecule has 0 spiro atoms. The number of aromatic hydroxyl groups is 1. The van der Waals surface area contributed by atoms with Crippen molar-refractivity contribution in [2.24, 2.45) is 0 Å². The van der Waals surface area contributed by atoms with Crippen LogP contribution in [0.3, 0.4) is 0 Å². The SMILES string of the molecule is Cc1cc(C)c(-c2cc3c(nn2)N([C@@H]2CCCC[C@H]2O)CCO3)c(O)c1. The summed E-state index contributed by atoms with van der Waals surface area (Å²) in [7, 11) is 0. The maximum absolute atomic E-state index is 10.4. The van der Waals surface area contributed by atoms with E-state index in [2.05, 4.69) is 15.1 Å². The zero-order chi connectivity index (χ0) is 18.3. The zero-order valence-electron chi connectivity index (χ0n) is 15.3. The maximum atomic E-state index is 10.4. The highest BCUT2D eigenvalue weighted by molar-refractivity contribution is 5.73. The smallest absolute Gasteiger partial charge is 0.194 e. The molecule has 2 aliphatic rings. The van der Waals surface area contributed by atoms with Gasteiger partial charge in [-0.05, 0) is 43.9 Å². The quantitative estimate of drug-likeness (QED) is 0.862. The lowest BCUT2D eigenvalue weighted by atomic mass is 9.91. The van der Waals surface area contributed by atoms with Gasteiger partial charge in [-0.3, -0.25) is 0 Å². The van der Waals surface area contributed by atoms with Crippen molar-refractivity contribution >= 4 is 5.82 Å². The molecule has 2 aromatic rings. The molecule has 2 N–H and O–H groups in total. The Morgan fingerprint density at radius 1 is 1.12 bits per heavy atom. The lowest BCUT2D eigenvalue weighted by Crippen LogP contribution is -2.49. The lowest BCUT2D eigenvalue weighted by Gasteiger charge is -2.40. The highest BCUT2D eigenvalue weighted by atomic mass is 16.5. The van der Waals surface area contributed by atoms with E-state index in [1.165, 1.54) is 0 Å². The Balaban J connectivity index is 1.71. The van der Waals surface area contributed by atoms with E-state index < -0.39 is 0 Å². The number of benzene rings is 1. The number of aliphatic hydroxyl groups is 1. The van der Waals surface area contributed by atoms with Crippen LogP contribution in [-0.4, -0.2) is 45.7 Å². The third kappa shape index (κ3) is 2.98. The summed E-state index contributed by atoms with van der Waals surface area (Å²) in [6.45, 7) is 5.16. The first-order valence-corrected chi connectivity index (χ1v) is 9.30. The minimum absolute atomic E-state index is 0.0704. The molecule has 1 aromatic carbocycles. The van der Waals surface area contributed by atoms with Crippen molar-refractivity contribution < 1.29 is 14.9 Å². The highest BCUT2D eigenvalue weighted by Gasteiger charge is 2.33. The molecule has 1 fully saturated rings. The van der Waals surface area contributed by atoms with Gasteiger partial charge in [-0.2, -0.15) is 0 Å². The molecule has 0 unspecified atom stereocenters. The van der Waals surface area contributed by atoms with E-state index in [1.54, 1.807) is 6.07 Å². The van der Waals surface area contributed by atoms with Crippen LogP contribution in [0.5, 0.6) is 11.5 Å². The second-order valence-electron chi connectivity index (χ2n) is 7.35. The fourth-order valence-corrected chi connectivity index (χ4v) is 4.21. The van der Waals surface area contributed by atoms with Crippen LogP contribution in [0.25, 0.3) is 11.3 Å². The second-order valence-corrected chi connectivity index (χ2v) is 7.35. The van der Waals surface area contributed by atoms with Crippen molar-refractivity contribution in [2.75, 3.05) is 18.1 Å². The minimum atomic E-state index is -0.334. The van der Waals surface area contributed by atoms with Gasteiger partial charge in [-0.15, -0.1) is 10.2 Å². The van der Waals surface area contributed by atoms with Crippen LogP contribution in [-0.2, 0) is 0 Å². The van der Waals surface area contributed by atoms with Gasteiger partial charge in [0.1, 0.15) is 18.1 Å². The molecule has 0 amide bonds. The Labute approximate surface area is 153 Å². The third-order valence-electron chi connectivity index (χ3n) is 5.41. The van der Waals surface area contributed by atoms with Gasteiger partial charge in [0, 0.05) is 11.6 Å². The van der Waals surface area contributed by atoms with E-state index in [9.17, 15) is 10.2 Å². The molecule has 26 heavy (non-hydrogen) atoms. The van der Waals surface area contributed by atoms with Gasteiger partial charge in [0.15, 0.2) is 11.6 Å². The fourth-order valence-electron chi connectivity index (χ4n) is 4.21. The van der Waals surface area contributed by atoms with E-state index >= 15 is 0 Å². The number of aryl methyl sites for hydroxylation is 2. The predicted molar refractivity (Wildman–Crippen MR) is 99.7 cm³/mol. The molecule has 1 aromatic heterocycles. The van der Waals surface area contributed by atoms with Gasteiger partial charge in [0.05, 0.1) is 18.7 Å². The fraction of sp³-hybridized carbons (Fsp3) is 0.500. The Morgan fingerprint density at radius 2 is 1.92 bits per heavy atom. The summed E-state index contributed by atoms with van der Waals surface area (Å²) >= 11 is 0. The molecule has 6 nitrogen and oxygen atoms in total. The average Bonchev–Trinajstić information content (AvgIpc) is 2.61. The van der Waals surface area contributed by atoms with Crippen LogP contribution in [0, 0.1) is 13.8 Å². The van der Waals surface area contributed by atoms with E-state index in [4.69, 9.17) is 4.74 Å². The molecule has 138 valence electrons. The van der Waals surface area contributed by atoms with Gasteiger partial charge in [-0.25, -0.2) is 0 Å². The molecule has 0 radical (unpaired) electrons. The van der Waals surface area contributed by atoms with Crippen molar-refractivity contribution in [1.29, 1.82) is 0 Å². The number of phenols is 1. The number of rotatable bonds is 2. The summed E-state index contributed by atoms with van der Waals surface area (Å²) in [4.78, 5) is 2.14. The van der Waals surface area contributed by atoms with Crippen molar-refractivity contribution in [1.82, 2.24) is 10.2 Å². The Morgan fingerprint density at radius 3 is 2.69 bits per heavy atom. The van der Waals surface area contributed by atoms with Crippen molar-refractivity contribution in [3.05, 3.63) is 29.3 Å². The number of aliphatic hydroxyl groups excluding tert-OH is 1. The summed E-state index contributed by atoms with van der Waals surface area (Å²) in [6, 6.07) is 5.67. The number of phenolic OH excluding ortho intramolecular Hbond substituents is 1. The lowest BCUT2D eigenvalue weighted by molar-refractivity contribution is 0.0995. The molecule has 4 rings (SSSR count). The zero-order valence-corrected chi connectivity index (χ0v) is 15.3. The van der Waals surface area contributed by atoms with Crippen LogP contribution in [0.1, 0.15) is 36.8 Å². The summed E-state index contributed by atoms with van der Waals surface area (Å²) in [5.74, 6) is 1.56. The number of anilines is 1. The standard InChI is InChI=1S/C20H25N3O3/c1-12-9-13(2)19(17(25)10-12)14-11-18-20(22-21-14)23(7-8-26-18)15-5-3-4-6-16(15)24/h9-11,15-16,24-25H,3-8H2,1-2H3/t15-,16-/m1/s1. The molecule has 0 bridgehead atoms. The summed E-state index contributed by atoms with van der Waals surface area (Å²) in [6.07, 6.45) is 3.66. The van der Waals surface area contributed by atoms with E-state index in [0.29, 0.717) is 36.0 Å². The first-order chi connectivity index (χ1) is 12.5. The average molecular weight is 355 g/mol. The van der Waals surface area contributed by atoms with Crippen molar-refractivity contribution in [2.45, 2.75) is 51.7 Å². The molecule has 2 atom stereocenters. The molecular weight excluding hydrogens is 330 g/mol. The second kappa shape index (κ2) is 6.76. The number of hydrogen-bond acceptors (Lipinski definition) is 6. The van der Waals surface area contributed by atoms with E-state index in [1.807, 2.05) is 26.0 Å². The number of hydrogen-bond donors (Lipinski definition) is 2. The molecule has 2 heterocycles. The Kier molecular flexibility index (Phi) is 4.44. The summed E-state index contributed by atoms with van der Waals surface area (Å²) in [5.41, 5.74) is 3.24. The number of aromatic nitrogens is 2.